The van der Waals surface area contributed by atoms with Crippen LogP contribution in [0.2, 0.25) is 0 Å². The Morgan fingerprint density at radius 3 is 2.58 bits per heavy atom. The third-order valence-corrected chi connectivity index (χ3v) is 3.56. The molecule has 0 fully saturated rings. The maximum atomic E-state index is 9.75. The Labute approximate surface area is 115 Å². The van der Waals surface area contributed by atoms with E-state index < -0.39 is 0 Å². The van der Waals surface area contributed by atoms with E-state index in [0.717, 1.165) is 12.8 Å². The van der Waals surface area contributed by atoms with Gasteiger partial charge < -0.3 is 10.4 Å². The number of aliphatic hydroxyl groups is 1. The van der Waals surface area contributed by atoms with Crippen LogP contribution in [0.15, 0.2) is 42.5 Å². The first-order valence-corrected chi connectivity index (χ1v) is 7.11. The summed E-state index contributed by atoms with van der Waals surface area (Å²) in [6.07, 6.45) is 1.64. The molecule has 0 aliphatic rings. The number of hydrogen-bond acceptors (Lipinski definition) is 2. The van der Waals surface area contributed by atoms with E-state index in [1.54, 1.807) is 0 Å². The van der Waals surface area contributed by atoms with Crippen molar-refractivity contribution in [3.63, 3.8) is 0 Å². The van der Waals surface area contributed by atoms with E-state index in [0.29, 0.717) is 6.54 Å². The van der Waals surface area contributed by atoms with Gasteiger partial charge in [0.15, 0.2) is 0 Å². The first-order valence-electron chi connectivity index (χ1n) is 7.11. The molecule has 0 amide bonds. The SMILES string of the molecule is CCCC(O)CNC(C)c1ccc2ccccc2c1. The van der Waals surface area contributed by atoms with Crippen molar-refractivity contribution in [1.82, 2.24) is 5.32 Å². The second-order valence-electron chi connectivity index (χ2n) is 5.18. The van der Waals surface area contributed by atoms with Gasteiger partial charge in [-0.25, -0.2) is 0 Å². The normalized spacial score (nSPS) is 14.5. The molecule has 2 atom stereocenters. The lowest BCUT2D eigenvalue weighted by Crippen LogP contribution is -2.28. The Balaban J connectivity index is 2.02. The zero-order valence-corrected chi connectivity index (χ0v) is 11.8. The van der Waals surface area contributed by atoms with Crippen LogP contribution in [0.3, 0.4) is 0 Å². The summed E-state index contributed by atoms with van der Waals surface area (Å²) in [6.45, 7) is 4.89. The lowest BCUT2D eigenvalue weighted by atomic mass is 10.0. The number of benzene rings is 2. The van der Waals surface area contributed by atoms with Crippen LogP contribution in [0.4, 0.5) is 0 Å². The van der Waals surface area contributed by atoms with Crippen molar-refractivity contribution in [3.05, 3.63) is 48.0 Å². The highest BCUT2D eigenvalue weighted by molar-refractivity contribution is 5.83. The zero-order valence-electron chi connectivity index (χ0n) is 11.8. The molecule has 2 heteroatoms. The van der Waals surface area contributed by atoms with Gasteiger partial charge in [-0.05, 0) is 35.7 Å². The fourth-order valence-corrected chi connectivity index (χ4v) is 2.34. The van der Waals surface area contributed by atoms with E-state index in [1.807, 2.05) is 0 Å². The minimum Gasteiger partial charge on any atom is -0.392 e. The van der Waals surface area contributed by atoms with E-state index in [4.69, 9.17) is 0 Å². The first-order chi connectivity index (χ1) is 9.20. The highest BCUT2D eigenvalue weighted by Crippen LogP contribution is 2.20. The molecule has 0 spiro atoms. The number of fused-ring (bicyclic) bond motifs is 1. The van der Waals surface area contributed by atoms with Crippen molar-refractivity contribution in [3.8, 4) is 0 Å². The fourth-order valence-electron chi connectivity index (χ4n) is 2.34. The van der Waals surface area contributed by atoms with Crippen molar-refractivity contribution in [2.45, 2.75) is 38.8 Å². The van der Waals surface area contributed by atoms with Crippen LogP contribution >= 0.6 is 0 Å². The maximum Gasteiger partial charge on any atom is 0.0664 e. The number of hydrogen-bond donors (Lipinski definition) is 2. The van der Waals surface area contributed by atoms with Gasteiger partial charge >= 0.3 is 0 Å². The highest BCUT2D eigenvalue weighted by atomic mass is 16.3. The second kappa shape index (κ2) is 6.69. The second-order valence-corrected chi connectivity index (χ2v) is 5.18. The lowest BCUT2D eigenvalue weighted by molar-refractivity contribution is 0.157. The summed E-state index contributed by atoms with van der Waals surface area (Å²) in [5.74, 6) is 0. The van der Waals surface area contributed by atoms with E-state index in [1.165, 1.54) is 16.3 Å². The third-order valence-electron chi connectivity index (χ3n) is 3.56. The van der Waals surface area contributed by atoms with Crippen LogP contribution in [0.1, 0.15) is 38.3 Å². The molecule has 2 unspecified atom stereocenters. The highest BCUT2D eigenvalue weighted by Gasteiger charge is 2.08. The summed E-state index contributed by atoms with van der Waals surface area (Å²) in [5, 5.41) is 15.7. The predicted molar refractivity (Wildman–Crippen MR) is 81.3 cm³/mol. The fraction of sp³-hybridized carbons (Fsp3) is 0.412. The van der Waals surface area contributed by atoms with Crippen LogP contribution < -0.4 is 5.32 Å². The van der Waals surface area contributed by atoms with Crippen molar-refractivity contribution >= 4 is 10.8 Å². The average Bonchev–Trinajstić information content (AvgIpc) is 2.44. The summed E-state index contributed by atoms with van der Waals surface area (Å²) in [6, 6.07) is 15.2. The molecular formula is C17H23NO. The topological polar surface area (TPSA) is 32.3 Å². The lowest BCUT2D eigenvalue weighted by Gasteiger charge is -2.17. The van der Waals surface area contributed by atoms with Gasteiger partial charge in [0.2, 0.25) is 0 Å². The minimum absolute atomic E-state index is 0.243. The summed E-state index contributed by atoms with van der Waals surface area (Å²) in [4.78, 5) is 0. The van der Waals surface area contributed by atoms with Gasteiger partial charge in [-0.2, -0.15) is 0 Å². The number of nitrogens with one attached hydrogen (secondary N) is 1. The molecule has 2 aromatic rings. The largest absolute Gasteiger partial charge is 0.392 e. The Morgan fingerprint density at radius 1 is 1.11 bits per heavy atom. The summed E-state index contributed by atoms with van der Waals surface area (Å²) in [5.41, 5.74) is 1.27. The van der Waals surface area contributed by atoms with E-state index in [2.05, 4.69) is 61.6 Å². The summed E-state index contributed by atoms with van der Waals surface area (Å²) < 4.78 is 0. The van der Waals surface area contributed by atoms with Gasteiger partial charge in [0.25, 0.3) is 0 Å². The van der Waals surface area contributed by atoms with Crippen molar-refractivity contribution in [2.75, 3.05) is 6.54 Å². The minimum atomic E-state index is -0.243. The molecule has 2 rings (SSSR count). The molecule has 2 aromatic carbocycles. The Morgan fingerprint density at radius 2 is 1.84 bits per heavy atom. The van der Waals surface area contributed by atoms with Crippen LogP contribution in [-0.2, 0) is 0 Å². The number of aliphatic hydroxyl groups excluding tert-OH is 1. The van der Waals surface area contributed by atoms with E-state index >= 15 is 0 Å². The maximum absolute atomic E-state index is 9.75. The molecule has 0 saturated heterocycles. The number of rotatable bonds is 6. The van der Waals surface area contributed by atoms with E-state index in [-0.39, 0.29) is 12.1 Å². The first kappa shape index (κ1) is 14.0. The summed E-state index contributed by atoms with van der Waals surface area (Å²) >= 11 is 0. The molecule has 19 heavy (non-hydrogen) atoms. The Kier molecular flexibility index (Phi) is 4.94. The van der Waals surface area contributed by atoms with E-state index in [9.17, 15) is 5.11 Å². The van der Waals surface area contributed by atoms with Crippen LogP contribution in [0.25, 0.3) is 10.8 Å². The van der Waals surface area contributed by atoms with Crippen molar-refractivity contribution in [2.24, 2.45) is 0 Å². The third kappa shape index (κ3) is 3.79. The van der Waals surface area contributed by atoms with Gasteiger partial charge in [-0.1, -0.05) is 49.7 Å². The van der Waals surface area contributed by atoms with Crippen LogP contribution in [0, 0.1) is 0 Å². The molecular weight excluding hydrogens is 234 g/mol. The molecule has 0 bridgehead atoms. The van der Waals surface area contributed by atoms with Gasteiger partial charge in [-0.3, -0.25) is 0 Å². The Hall–Kier alpha value is -1.38. The standard InChI is InChI=1S/C17H23NO/c1-3-6-17(19)12-18-13(2)15-10-9-14-7-4-5-8-16(14)11-15/h4-5,7-11,13,17-19H,3,6,12H2,1-2H3. The van der Waals surface area contributed by atoms with Gasteiger partial charge in [0.05, 0.1) is 6.10 Å². The zero-order chi connectivity index (χ0) is 13.7. The van der Waals surface area contributed by atoms with Gasteiger partial charge in [0, 0.05) is 12.6 Å². The summed E-state index contributed by atoms with van der Waals surface area (Å²) in [7, 11) is 0. The molecule has 0 saturated carbocycles. The molecule has 0 aromatic heterocycles. The predicted octanol–water partition coefficient (Wildman–Crippen LogP) is 3.65. The molecule has 2 nitrogen and oxygen atoms in total. The molecule has 2 N–H and O–H groups in total. The molecule has 102 valence electrons. The van der Waals surface area contributed by atoms with Gasteiger partial charge in [-0.15, -0.1) is 0 Å². The Bertz CT molecular complexity index is 523. The van der Waals surface area contributed by atoms with Crippen molar-refractivity contribution in [1.29, 1.82) is 0 Å². The van der Waals surface area contributed by atoms with Gasteiger partial charge in [0.1, 0.15) is 0 Å². The van der Waals surface area contributed by atoms with Crippen LogP contribution in [0.5, 0.6) is 0 Å². The molecule has 0 radical (unpaired) electrons. The quantitative estimate of drug-likeness (QED) is 0.828. The molecule has 0 aliphatic carbocycles. The van der Waals surface area contributed by atoms with Crippen LogP contribution in [-0.4, -0.2) is 17.8 Å². The smallest absolute Gasteiger partial charge is 0.0664 e. The molecule has 0 aliphatic heterocycles. The molecule has 0 heterocycles. The van der Waals surface area contributed by atoms with Crippen molar-refractivity contribution < 1.29 is 5.11 Å². The monoisotopic (exact) mass is 257 g/mol. The average molecular weight is 257 g/mol.